The summed E-state index contributed by atoms with van der Waals surface area (Å²) in [7, 11) is -4.24. The van der Waals surface area contributed by atoms with E-state index in [1.54, 1.807) is 4.68 Å². The second-order valence-corrected chi connectivity index (χ2v) is 18.6. The van der Waals surface area contributed by atoms with Crippen molar-refractivity contribution in [3.8, 4) is 6.07 Å². The fourth-order valence-corrected chi connectivity index (χ4v) is 10.1. The molecule has 3 aliphatic rings. The summed E-state index contributed by atoms with van der Waals surface area (Å²) in [5.41, 5.74) is 0.205. The second kappa shape index (κ2) is 18.2. The largest absolute Gasteiger partial charge is 0.481 e. The van der Waals surface area contributed by atoms with Gasteiger partial charge in [-0.15, -0.1) is 28.3 Å². The van der Waals surface area contributed by atoms with Crippen LogP contribution in [0.25, 0.3) is 0 Å². The highest BCUT2D eigenvalue weighted by Crippen LogP contribution is 2.42. The summed E-state index contributed by atoms with van der Waals surface area (Å²) in [6.07, 6.45) is 4.63. The number of carboxylic acid groups (broad SMARTS) is 1. The first-order chi connectivity index (χ1) is 24.8. The van der Waals surface area contributed by atoms with Gasteiger partial charge < -0.3 is 20.6 Å². The summed E-state index contributed by atoms with van der Waals surface area (Å²) in [6.45, 7) is 10.7. The molecule has 0 saturated heterocycles. The molecule has 15 nitrogen and oxygen atoms in total. The molecule has 3 aliphatic carbocycles. The SMILES string of the molecule is CCN(CCCC(=O)O)C1CCC(N=Nc2c(C#N)c(C(C)(C)C)nn2C2C(Cl)CC(NC(=O)C3CCCC(S(=O)(=O)O)C3)CC2Cl)C(NC(C)=O)C1. The summed E-state index contributed by atoms with van der Waals surface area (Å²) in [5.74, 6) is -1.67. The van der Waals surface area contributed by atoms with Crippen molar-refractivity contribution in [2.45, 2.75) is 157 Å². The maximum atomic E-state index is 13.2. The number of amides is 2. The Hall–Kier alpha value is -2.84. The number of azo groups is 1. The lowest BCUT2D eigenvalue weighted by Gasteiger charge is -2.39. The first kappa shape index (κ1) is 42.9. The number of alkyl halides is 2. The normalized spacial score (nSPS) is 29.8. The van der Waals surface area contributed by atoms with Crippen molar-refractivity contribution in [1.29, 1.82) is 5.26 Å². The lowest BCUT2D eigenvalue weighted by molar-refractivity contribution is -0.137. The Morgan fingerprint density at radius 2 is 1.75 bits per heavy atom. The van der Waals surface area contributed by atoms with Gasteiger partial charge in [0.15, 0.2) is 5.82 Å². The Morgan fingerprint density at radius 3 is 2.32 bits per heavy atom. The van der Waals surface area contributed by atoms with E-state index in [4.69, 9.17) is 38.5 Å². The predicted octanol–water partition coefficient (Wildman–Crippen LogP) is 5.23. The monoisotopic (exact) mass is 800 g/mol. The van der Waals surface area contributed by atoms with E-state index in [1.165, 1.54) is 6.92 Å². The Labute approximate surface area is 322 Å². The number of nitriles is 1. The molecule has 296 valence electrons. The van der Waals surface area contributed by atoms with Crippen molar-refractivity contribution in [3.63, 3.8) is 0 Å². The number of hydrogen-bond donors (Lipinski definition) is 4. The van der Waals surface area contributed by atoms with Crippen molar-refractivity contribution in [2.24, 2.45) is 16.1 Å². The number of carboxylic acids is 1. The van der Waals surface area contributed by atoms with Crippen LogP contribution in [0.4, 0.5) is 5.82 Å². The predicted molar refractivity (Wildman–Crippen MR) is 200 cm³/mol. The Bertz CT molecular complexity index is 1650. The van der Waals surface area contributed by atoms with Crippen molar-refractivity contribution in [1.82, 2.24) is 25.3 Å². The third-order valence-electron chi connectivity index (χ3n) is 10.7. The molecule has 0 aliphatic heterocycles. The van der Waals surface area contributed by atoms with Crippen molar-refractivity contribution in [2.75, 3.05) is 13.1 Å². The van der Waals surface area contributed by atoms with Crippen LogP contribution in [0.3, 0.4) is 0 Å². The summed E-state index contributed by atoms with van der Waals surface area (Å²) in [5, 5.41) is 37.6. The molecular weight excluding hydrogens is 747 g/mol. The van der Waals surface area contributed by atoms with E-state index in [0.29, 0.717) is 63.6 Å². The number of carbonyl (C=O) groups is 3. The Morgan fingerprint density at radius 1 is 1.08 bits per heavy atom. The zero-order chi connectivity index (χ0) is 39.2. The molecule has 2 amide bonds. The highest BCUT2D eigenvalue weighted by Gasteiger charge is 2.43. The number of rotatable bonds is 13. The van der Waals surface area contributed by atoms with Crippen LogP contribution < -0.4 is 10.6 Å². The molecule has 1 aromatic rings. The van der Waals surface area contributed by atoms with Crippen LogP contribution in [0, 0.1) is 17.2 Å². The molecule has 18 heteroatoms. The number of carbonyl (C=O) groups excluding carboxylic acids is 2. The number of hydrogen-bond acceptors (Lipinski definition) is 10. The highest BCUT2D eigenvalue weighted by molar-refractivity contribution is 7.86. The number of aromatic nitrogens is 2. The molecule has 53 heavy (non-hydrogen) atoms. The molecule has 0 spiro atoms. The molecule has 4 rings (SSSR count). The summed E-state index contributed by atoms with van der Waals surface area (Å²) >= 11 is 14.1. The van der Waals surface area contributed by atoms with Gasteiger partial charge in [0.1, 0.15) is 11.6 Å². The van der Waals surface area contributed by atoms with Gasteiger partial charge in [0.2, 0.25) is 11.8 Å². The van der Waals surface area contributed by atoms with Crippen LogP contribution in [0.2, 0.25) is 0 Å². The van der Waals surface area contributed by atoms with Crippen LogP contribution in [0.5, 0.6) is 0 Å². The summed E-state index contributed by atoms with van der Waals surface area (Å²) in [4.78, 5) is 38.9. The lowest BCUT2D eigenvalue weighted by atomic mass is 9.86. The number of aliphatic carboxylic acids is 1. The minimum Gasteiger partial charge on any atom is -0.481 e. The highest BCUT2D eigenvalue weighted by atomic mass is 35.5. The fourth-order valence-electron chi connectivity index (χ4n) is 8.08. The van der Waals surface area contributed by atoms with E-state index in [1.807, 2.05) is 27.7 Å². The van der Waals surface area contributed by atoms with Gasteiger partial charge in [0.05, 0.1) is 39.8 Å². The van der Waals surface area contributed by atoms with E-state index in [2.05, 4.69) is 26.7 Å². The topological polar surface area (TPSA) is 219 Å². The first-order valence-corrected chi connectivity index (χ1v) is 20.9. The van der Waals surface area contributed by atoms with Crippen LogP contribution in [-0.2, 0) is 29.9 Å². The molecule has 0 radical (unpaired) electrons. The average Bonchev–Trinajstić information content (AvgIpc) is 3.43. The first-order valence-electron chi connectivity index (χ1n) is 18.6. The van der Waals surface area contributed by atoms with E-state index in [-0.39, 0.29) is 48.1 Å². The van der Waals surface area contributed by atoms with Crippen molar-refractivity contribution < 1.29 is 32.5 Å². The minimum absolute atomic E-state index is 0.0525. The molecule has 7 unspecified atom stereocenters. The molecular formula is C35H54Cl2N8O7S. The average molecular weight is 802 g/mol. The fraction of sp³-hybridized carbons (Fsp3) is 0.800. The van der Waals surface area contributed by atoms with Gasteiger partial charge in [0.25, 0.3) is 10.1 Å². The molecule has 4 N–H and O–H groups in total. The second-order valence-electron chi connectivity index (χ2n) is 15.7. The molecule has 1 heterocycles. The smallest absolute Gasteiger partial charge is 0.303 e. The third kappa shape index (κ3) is 11.1. The molecule has 3 fully saturated rings. The van der Waals surface area contributed by atoms with Crippen LogP contribution in [-0.4, -0.2) is 104 Å². The Balaban J connectivity index is 1.56. The van der Waals surface area contributed by atoms with E-state index in [0.717, 1.165) is 13.0 Å². The Kier molecular flexibility index (Phi) is 14.7. The maximum Gasteiger partial charge on any atom is 0.303 e. The van der Waals surface area contributed by atoms with E-state index < -0.39 is 61.5 Å². The van der Waals surface area contributed by atoms with Gasteiger partial charge in [-0.25, -0.2) is 4.68 Å². The van der Waals surface area contributed by atoms with Gasteiger partial charge in [-0.1, -0.05) is 34.1 Å². The summed E-state index contributed by atoms with van der Waals surface area (Å²) < 4.78 is 34.6. The molecule has 0 bridgehead atoms. The van der Waals surface area contributed by atoms with Gasteiger partial charge in [-0.3, -0.25) is 18.9 Å². The number of halogens is 2. The lowest BCUT2D eigenvalue weighted by Crippen LogP contribution is -2.51. The van der Waals surface area contributed by atoms with Crippen LogP contribution in [0.1, 0.15) is 123 Å². The zero-order valence-corrected chi connectivity index (χ0v) is 33.5. The molecule has 3 saturated carbocycles. The summed E-state index contributed by atoms with van der Waals surface area (Å²) in [6, 6.07) is 0.644. The number of nitrogens with zero attached hydrogens (tertiary/aromatic N) is 6. The van der Waals surface area contributed by atoms with Gasteiger partial charge in [-0.2, -0.15) is 23.9 Å². The van der Waals surface area contributed by atoms with Crippen LogP contribution in [0.15, 0.2) is 10.2 Å². The van der Waals surface area contributed by atoms with Crippen molar-refractivity contribution >= 4 is 56.9 Å². The van der Waals surface area contributed by atoms with Gasteiger partial charge in [0, 0.05) is 36.8 Å². The molecule has 7 atom stereocenters. The minimum atomic E-state index is -4.24. The third-order valence-corrected chi connectivity index (χ3v) is 12.9. The number of nitrogens with one attached hydrogen (secondary N) is 2. The van der Waals surface area contributed by atoms with Gasteiger partial charge in [-0.05, 0) is 70.9 Å². The molecule has 1 aromatic heterocycles. The standard InChI is InChI=1S/C35H54Cl2N8O7S/c1-6-44(14-8-11-30(47)48)23-12-13-28(29(18-23)39-20(2)46)41-42-33-25(19-38)32(35(3,4)5)43-45(33)31-26(36)16-22(17-27(31)37)40-34(49)21-9-7-10-24(15-21)53(50,51)52/h21-24,26-29,31H,6-18H2,1-5H3,(H,39,46)(H,40,49)(H,47,48)(H,50,51,52). The quantitative estimate of drug-likeness (QED) is 0.116. The molecule has 0 aromatic carbocycles. The van der Waals surface area contributed by atoms with Gasteiger partial charge >= 0.3 is 5.97 Å². The van der Waals surface area contributed by atoms with E-state index in [9.17, 15) is 32.6 Å². The zero-order valence-electron chi connectivity index (χ0n) is 31.2. The van der Waals surface area contributed by atoms with Crippen molar-refractivity contribution in [3.05, 3.63) is 11.3 Å². The maximum absolute atomic E-state index is 13.2. The van der Waals surface area contributed by atoms with E-state index >= 15 is 0 Å². The van der Waals surface area contributed by atoms with Crippen LogP contribution >= 0.6 is 23.2 Å².